The molecule has 1 fully saturated rings. The molecule has 1 aliphatic heterocycles. The van der Waals surface area contributed by atoms with E-state index in [2.05, 4.69) is 48.1 Å². The number of carbonyl (C=O) groups excluding carboxylic acids is 1. The fourth-order valence-electron chi connectivity index (χ4n) is 5.09. The second-order valence-corrected chi connectivity index (χ2v) is 9.24. The number of likely N-dealkylation sites (tertiary alicyclic amines) is 1. The van der Waals surface area contributed by atoms with Crippen molar-refractivity contribution in [3.8, 4) is 11.5 Å². The van der Waals surface area contributed by atoms with E-state index >= 15 is 0 Å². The molecule has 1 unspecified atom stereocenters. The van der Waals surface area contributed by atoms with Gasteiger partial charge in [0.25, 0.3) is 0 Å². The average molecular weight is 469 g/mol. The molecule has 35 heavy (non-hydrogen) atoms. The maximum Gasteiger partial charge on any atom is 0.223 e. The Morgan fingerprint density at radius 3 is 2.46 bits per heavy atom. The molecular formula is C30H32N2O3. The van der Waals surface area contributed by atoms with Crippen LogP contribution in [0.3, 0.4) is 0 Å². The van der Waals surface area contributed by atoms with Crippen molar-refractivity contribution in [1.82, 2.24) is 9.47 Å². The Balaban J connectivity index is 1.53. The third-order valence-electron chi connectivity index (χ3n) is 6.97. The minimum atomic E-state index is -0.0841. The lowest BCUT2D eigenvalue weighted by molar-refractivity contribution is -0.130. The second-order valence-electron chi connectivity index (χ2n) is 9.24. The third kappa shape index (κ3) is 4.90. The van der Waals surface area contributed by atoms with Gasteiger partial charge in [0.15, 0.2) is 11.5 Å². The lowest BCUT2D eigenvalue weighted by Gasteiger charge is -2.22. The van der Waals surface area contributed by atoms with E-state index in [0.29, 0.717) is 24.5 Å². The summed E-state index contributed by atoms with van der Waals surface area (Å²) in [5, 5.41) is 1.18. The number of hydrogen-bond acceptors (Lipinski definition) is 3. The first-order chi connectivity index (χ1) is 17.1. The number of benzene rings is 3. The van der Waals surface area contributed by atoms with E-state index in [1.165, 1.54) is 5.39 Å². The smallest absolute Gasteiger partial charge is 0.223 e. The molecule has 0 spiro atoms. The van der Waals surface area contributed by atoms with Gasteiger partial charge < -0.3 is 18.9 Å². The number of ether oxygens (including phenoxy) is 2. The van der Waals surface area contributed by atoms with Gasteiger partial charge in [-0.2, -0.15) is 0 Å². The quantitative estimate of drug-likeness (QED) is 0.323. The highest BCUT2D eigenvalue weighted by Crippen LogP contribution is 2.39. The molecule has 0 saturated carbocycles. The van der Waals surface area contributed by atoms with Crippen LogP contribution in [0.25, 0.3) is 10.9 Å². The molecule has 3 aromatic carbocycles. The summed E-state index contributed by atoms with van der Waals surface area (Å²) in [4.78, 5) is 15.3. The Bertz CT molecular complexity index is 1310. The van der Waals surface area contributed by atoms with E-state index in [9.17, 15) is 4.79 Å². The van der Waals surface area contributed by atoms with Gasteiger partial charge in [-0.15, -0.1) is 0 Å². The molecule has 2 heterocycles. The largest absolute Gasteiger partial charge is 0.493 e. The van der Waals surface area contributed by atoms with Gasteiger partial charge in [-0.25, -0.2) is 0 Å². The zero-order valence-electron chi connectivity index (χ0n) is 20.4. The van der Waals surface area contributed by atoms with Gasteiger partial charge in [-0.05, 0) is 47.7 Å². The standard InChI is InChI=1S/C30H32N2O3/c1-31-20-26(24-12-6-7-13-27(24)31)25(19-30(33)32-16-8-9-17-32)23-14-15-28(34-2)29(18-23)35-21-22-10-4-3-5-11-22/h3-7,10-15,18,20,25H,8-9,16-17,19,21H2,1-2H3. The van der Waals surface area contributed by atoms with Crippen LogP contribution in [0.5, 0.6) is 11.5 Å². The van der Waals surface area contributed by atoms with Crippen LogP contribution < -0.4 is 9.47 Å². The zero-order valence-corrected chi connectivity index (χ0v) is 20.4. The Labute approximate surface area is 206 Å². The summed E-state index contributed by atoms with van der Waals surface area (Å²) in [7, 11) is 3.72. The van der Waals surface area contributed by atoms with Crippen molar-refractivity contribution in [1.29, 1.82) is 0 Å². The number of rotatable bonds is 8. The molecule has 4 aromatic rings. The number of aryl methyl sites for hydroxylation is 1. The summed E-state index contributed by atoms with van der Waals surface area (Å²) in [5.41, 5.74) is 4.47. The van der Waals surface area contributed by atoms with Crippen molar-refractivity contribution in [3.05, 3.63) is 95.7 Å². The highest BCUT2D eigenvalue weighted by atomic mass is 16.5. The predicted octanol–water partition coefficient (Wildman–Crippen LogP) is 5.91. The molecule has 1 aliphatic rings. The summed E-state index contributed by atoms with van der Waals surface area (Å²) >= 11 is 0. The molecule has 180 valence electrons. The topological polar surface area (TPSA) is 43.7 Å². The number of amides is 1. The molecule has 5 nitrogen and oxygen atoms in total. The zero-order chi connectivity index (χ0) is 24.2. The van der Waals surface area contributed by atoms with Gasteiger partial charge in [0, 0.05) is 49.6 Å². The number of nitrogens with zero attached hydrogens (tertiary/aromatic N) is 2. The summed E-state index contributed by atoms with van der Waals surface area (Å²) in [6, 6.07) is 24.6. The first-order valence-corrected chi connectivity index (χ1v) is 12.3. The first kappa shape index (κ1) is 23.0. The van der Waals surface area contributed by atoms with Crippen LogP contribution in [0.4, 0.5) is 0 Å². The monoisotopic (exact) mass is 468 g/mol. The van der Waals surface area contributed by atoms with E-state index < -0.39 is 0 Å². The Morgan fingerprint density at radius 2 is 1.69 bits per heavy atom. The van der Waals surface area contributed by atoms with Crippen molar-refractivity contribution in [3.63, 3.8) is 0 Å². The second kappa shape index (κ2) is 10.3. The van der Waals surface area contributed by atoms with E-state index in [-0.39, 0.29) is 11.8 Å². The number of fused-ring (bicyclic) bond motifs is 1. The molecule has 5 rings (SSSR count). The molecule has 0 N–H and O–H groups in total. The Hall–Kier alpha value is -3.73. The SMILES string of the molecule is COc1ccc(C(CC(=O)N2CCCC2)c2cn(C)c3ccccc23)cc1OCc1ccccc1. The number of hydrogen-bond donors (Lipinski definition) is 0. The summed E-state index contributed by atoms with van der Waals surface area (Å²) < 4.78 is 14.0. The van der Waals surface area contributed by atoms with Gasteiger partial charge >= 0.3 is 0 Å². The van der Waals surface area contributed by atoms with Crippen LogP contribution in [-0.2, 0) is 18.4 Å². The molecule has 5 heteroatoms. The molecule has 1 aromatic heterocycles. The first-order valence-electron chi connectivity index (χ1n) is 12.3. The lowest BCUT2D eigenvalue weighted by atomic mass is 9.87. The maximum atomic E-state index is 13.3. The number of carbonyl (C=O) groups is 1. The van der Waals surface area contributed by atoms with Gasteiger partial charge in [-0.3, -0.25) is 4.79 Å². The molecule has 0 bridgehead atoms. The minimum absolute atomic E-state index is 0.0841. The maximum absolute atomic E-state index is 13.3. The Kier molecular flexibility index (Phi) is 6.75. The van der Waals surface area contributed by atoms with Crippen LogP contribution in [-0.4, -0.2) is 35.6 Å². The molecule has 0 radical (unpaired) electrons. The predicted molar refractivity (Wildman–Crippen MR) is 139 cm³/mol. The van der Waals surface area contributed by atoms with Gasteiger partial charge in [0.2, 0.25) is 5.91 Å². The molecule has 1 atom stereocenters. The van der Waals surface area contributed by atoms with Crippen molar-refractivity contribution in [2.75, 3.05) is 20.2 Å². The van der Waals surface area contributed by atoms with Crippen molar-refractivity contribution in [2.24, 2.45) is 7.05 Å². The Morgan fingerprint density at radius 1 is 0.943 bits per heavy atom. The van der Waals surface area contributed by atoms with Gasteiger partial charge in [0.1, 0.15) is 6.61 Å². The van der Waals surface area contributed by atoms with E-state index in [1.807, 2.05) is 47.4 Å². The van der Waals surface area contributed by atoms with Crippen molar-refractivity contribution in [2.45, 2.75) is 31.8 Å². The lowest BCUT2D eigenvalue weighted by Crippen LogP contribution is -2.29. The van der Waals surface area contributed by atoms with Crippen molar-refractivity contribution >= 4 is 16.8 Å². The molecule has 1 saturated heterocycles. The molecule has 1 amide bonds. The van der Waals surface area contributed by atoms with Crippen LogP contribution in [0.1, 0.15) is 41.9 Å². The van der Waals surface area contributed by atoms with Gasteiger partial charge in [0.05, 0.1) is 7.11 Å². The average Bonchev–Trinajstić information content (AvgIpc) is 3.55. The van der Waals surface area contributed by atoms with E-state index in [1.54, 1.807) is 7.11 Å². The van der Waals surface area contributed by atoms with Crippen LogP contribution >= 0.6 is 0 Å². The number of aromatic nitrogens is 1. The van der Waals surface area contributed by atoms with Crippen LogP contribution in [0, 0.1) is 0 Å². The summed E-state index contributed by atoms with van der Waals surface area (Å²) in [6.07, 6.45) is 4.77. The fourth-order valence-corrected chi connectivity index (χ4v) is 5.09. The normalized spacial score (nSPS) is 14.3. The van der Waals surface area contributed by atoms with Crippen molar-refractivity contribution < 1.29 is 14.3 Å². The highest BCUT2D eigenvalue weighted by molar-refractivity contribution is 5.86. The number of para-hydroxylation sites is 1. The van der Waals surface area contributed by atoms with Crippen LogP contribution in [0.15, 0.2) is 79.0 Å². The molecule has 0 aliphatic carbocycles. The van der Waals surface area contributed by atoms with Crippen LogP contribution in [0.2, 0.25) is 0 Å². The summed E-state index contributed by atoms with van der Waals surface area (Å²) in [6.45, 7) is 2.16. The minimum Gasteiger partial charge on any atom is -0.493 e. The fraction of sp³-hybridized carbons (Fsp3) is 0.300. The van der Waals surface area contributed by atoms with E-state index in [4.69, 9.17) is 9.47 Å². The molecular weight excluding hydrogens is 436 g/mol. The van der Waals surface area contributed by atoms with Gasteiger partial charge in [-0.1, -0.05) is 54.6 Å². The highest BCUT2D eigenvalue weighted by Gasteiger charge is 2.27. The summed E-state index contributed by atoms with van der Waals surface area (Å²) in [5.74, 6) is 1.50. The van der Waals surface area contributed by atoms with E-state index in [0.717, 1.165) is 48.1 Å². The number of methoxy groups -OCH3 is 1. The third-order valence-corrected chi connectivity index (χ3v) is 6.97.